The average molecular weight is 415 g/mol. The molecule has 5 nitrogen and oxygen atoms in total. The van der Waals surface area contributed by atoms with E-state index in [1.165, 1.54) is 6.08 Å². The molecule has 0 saturated heterocycles. The van der Waals surface area contributed by atoms with Crippen LogP contribution in [-0.4, -0.2) is 19.1 Å². The summed E-state index contributed by atoms with van der Waals surface area (Å²) in [7, 11) is 1.54. The average Bonchev–Trinajstić information content (AvgIpc) is 2.60. The van der Waals surface area contributed by atoms with E-state index in [-0.39, 0.29) is 11.7 Å². The van der Waals surface area contributed by atoms with E-state index in [0.717, 1.165) is 4.47 Å². The molecule has 0 aromatic heterocycles. The van der Waals surface area contributed by atoms with Crippen molar-refractivity contribution in [1.82, 2.24) is 0 Å². The first-order valence-corrected chi connectivity index (χ1v) is 8.75. The van der Waals surface area contributed by atoms with Crippen LogP contribution >= 0.6 is 15.9 Å². The number of hydrogen-bond donors (Lipinski definition) is 1. The van der Waals surface area contributed by atoms with Crippen LogP contribution in [0.25, 0.3) is 6.08 Å². The first kappa shape index (κ1) is 19.5. The normalized spacial score (nSPS) is 11.0. The van der Waals surface area contributed by atoms with Crippen LogP contribution in [0.3, 0.4) is 0 Å². The standard InChI is InChI=1S/C20H19BrN2O3/c1-13(2)26-18-8-7-14(10-19(18)25-3)9-15(12-22)20(24)23-17-6-4-5-16(21)11-17/h4-11,13H,1-3H3,(H,23,24)/b15-9-. The number of hydrogen-bond acceptors (Lipinski definition) is 4. The summed E-state index contributed by atoms with van der Waals surface area (Å²) in [6.07, 6.45) is 1.52. The first-order chi connectivity index (χ1) is 12.4. The number of amides is 1. The number of nitriles is 1. The Morgan fingerprint density at radius 1 is 1.23 bits per heavy atom. The van der Waals surface area contributed by atoms with Gasteiger partial charge < -0.3 is 14.8 Å². The van der Waals surface area contributed by atoms with Crippen LogP contribution in [0.4, 0.5) is 5.69 Å². The number of anilines is 1. The fourth-order valence-corrected chi connectivity index (χ4v) is 2.60. The van der Waals surface area contributed by atoms with E-state index in [4.69, 9.17) is 9.47 Å². The van der Waals surface area contributed by atoms with Crippen molar-refractivity contribution in [2.75, 3.05) is 12.4 Å². The van der Waals surface area contributed by atoms with E-state index in [1.807, 2.05) is 26.0 Å². The lowest BCUT2D eigenvalue weighted by molar-refractivity contribution is -0.112. The van der Waals surface area contributed by atoms with Gasteiger partial charge in [-0.1, -0.05) is 28.1 Å². The molecule has 2 rings (SSSR count). The maximum Gasteiger partial charge on any atom is 0.266 e. The second-order valence-corrected chi connectivity index (χ2v) is 6.63. The van der Waals surface area contributed by atoms with Gasteiger partial charge >= 0.3 is 0 Å². The van der Waals surface area contributed by atoms with Gasteiger partial charge in [0, 0.05) is 10.2 Å². The lowest BCUT2D eigenvalue weighted by Crippen LogP contribution is -2.13. The SMILES string of the molecule is COc1cc(/C=C(/C#N)C(=O)Nc2cccc(Br)c2)ccc1OC(C)C. The number of nitrogens with one attached hydrogen (secondary N) is 1. The lowest BCUT2D eigenvalue weighted by Gasteiger charge is -2.14. The van der Waals surface area contributed by atoms with Crippen LogP contribution in [0.15, 0.2) is 52.5 Å². The zero-order valence-electron chi connectivity index (χ0n) is 14.7. The number of carbonyl (C=O) groups excluding carboxylic acids is 1. The van der Waals surface area contributed by atoms with Gasteiger partial charge in [-0.15, -0.1) is 0 Å². The van der Waals surface area contributed by atoms with Crippen molar-refractivity contribution >= 4 is 33.6 Å². The predicted molar refractivity (Wildman–Crippen MR) is 105 cm³/mol. The molecular weight excluding hydrogens is 396 g/mol. The Hall–Kier alpha value is -2.78. The van der Waals surface area contributed by atoms with Gasteiger partial charge in [-0.3, -0.25) is 4.79 Å². The van der Waals surface area contributed by atoms with Crippen LogP contribution in [0, 0.1) is 11.3 Å². The molecule has 0 unspecified atom stereocenters. The number of rotatable bonds is 6. The topological polar surface area (TPSA) is 71.3 Å². The molecule has 1 amide bonds. The fourth-order valence-electron chi connectivity index (χ4n) is 2.21. The zero-order chi connectivity index (χ0) is 19.1. The summed E-state index contributed by atoms with van der Waals surface area (Å²) >= 11 is 3.34. The van der Waals surface area contributed by atoms with Crippen molar-refractivity contribution in [2.24, 2.45) is 0 Å². The molecule has 0 aliphatic carbocycles. The molecule has 26 heavy (non-hydrogen) atoms. The summed E-state index contributed by atoms with van der Waals surface area (Å²) in [5.41, 5.74) is 1.26. The minimum absolute atomic E-state index is 0.00967. The third kappa shape index (κ3) is 5.36. The number of benzene rings is 2. The lowest BCUT2D eigenvalue weighted by atomic mass is 10.1. The Morgan fingerprint density at radius 3 is 2.62 bits per heavy atom. The van der Waals surface area contributed by atoms with Gasteiger partial charge in [0.05, 0.1) is 13.2 Å². The van der Waals surface area contributed by atoms with Gasteiger partial charge in [0.15, 0.2) is 11.5 Å². The molecule has 0 saturated carbocycles. The van der Waals surface area contributed by atoms with Gasteiger partial charge in [0.25, 0.3) is 5.91 Å². The summed E-state index contributed by atoms with van der Waals surface area (Å²) in [5.74, 6) is 0.668. The highest BCUT2D eigenvalue weighted by Gasteiger charge is 2.12. The summed E-state index contributed by atoms with van der Waals surface area (Å²) in [6, 6.07) is 14.3. The highest BCUT2D eigenvalue weighted by molar-refractivity contribution is 9.10. The molecule has 0 radical (unpaired) electrons. The van der Waals surface area contributed by atoms with Crippen molar-refractivity contribution < 1.29 is 14.3 Å². The van der Waals surface area contributed by atoms with Gasteiger partial charge in [-0.25, -0.2) is 0 Å². The molecule has 134 valence electrons. The smallest absolute Gasteiger partial charge is 0.266 e. The van der Waals surface area contributed by atoms with Crippen molar-refractivity contribution in [2.45, 2.75) is 20.0 Å². The second kappa shape index (κ2) is 9.07. The van der Waals surface area contributed by atoms with Crippen LogP contribution in [-0.2, 0) is 4.79 Å². The van der Waals surface area contributed by atoms with Gasteiger partial charge in [0.1, 0.15) is 11.6 Å². The number of methoxy groups -OCH3 is 1. The Labute approximate surface area is 161 Å². The Bertz CT molecular complexity index is 870. The molecule has 2 aromatic carbocycles. The van der Waals surface area contributed by atoms with Crippen molar-refractivity contribution in [1.29, 1.82) is 5.26 Å². The summed E-state index contributed by atoms with van der Waals surface area (Å²) in [4.78, 5) is 12.4. The molecule has 2 aromatic rings. The molecule has 0 aliphatic rings. The summed E-state index contributed by atoms with van der Waals surface area (Å²) in [5, 5.41) is 12.1. The molecular formula is C20H19BrN2O3. The van der Waals surface area contributed by atoms with E-state index < -0.39 is 5.91 Å². The van der Waals surface area contributed by atoms with Crippen LogP contribution in [0.1, 0.15) is 19.4 Å². The Balaban J connectivity index is 2.24. The largest absolute Gasteiger partial charge is 0.493 e. The van der Waals surface area contributed by atoms with Gasteiger partial charge in [0.2, 0.25) is 0 Å². The summed E-state index contributed by atoms with van der Waals surface area (Å²) < 4.78 is 11.8. The van der Waals surface area contributed by atoms with Crippen LogP contribution < -0.4 is 14.8 Å². The third-order valence-electron chi connectivity index (χ3n) is 3.31. The maximum atomic E-state index is 12.4. The number of carbonyl (C=O) groups is 1. The highest BCUT2D eigenvalue weighted by Crippen LogP contribution is 2.30. The van der Waals surface area contributed by atoms with Crippen LogP contribution in [0.5, 0.6) is 11.5 Å². The molecule has 0 fully saturated rings. The molecule has 0 aliphatic heterocycles. The van der Waals surface area contributed by atoms with Gasteiger partial charge in [-0.2, -0.15) is 5.26 Å². The number of ether oxygens (including phenoxy) is 2. The molecule has 0 heterocycles. The number of nitrogens with zero attached hydrogens (tertiary/aromatic N) is 1. The molecule has 0 atom stereocenters. The summed E-state index contributed by atoms with van der Waals surface area (Å²) in [6.45, 7) is 3.85. The molecule has 0 spiro atoms. The Morgan fingerprint density at radius 2 is 2.00 bits per heavy atom. The van der Waals surface area contributed by atoms with Crippen LogP contribution in [0.2, 0.25) is 0 Å². The first-order valence-electron chi connectivity index (χ1n) is 7.96. The highest BCUT2D eigenvalue weighted by atomic mass is 79.9. The van der Waals surface area contributed by atoms with Crippen molar-refractivity contribution in [3.05, 3.63) is 58.1 Å². The van der Waals surface area contributed by atoms with E-state index in [1.54, 1.807) is 43.5 Å². The van der Waals surface area contributed by atoms with E-state index in [0.29, 0.717) is 22.7 Å². The van der Waals surface area contributed by atoms with E-state index in [2.05, 4.69) is 21.2 Å². The number of halogens is 1. The zero-order valence-corrected chi connectivity index (χ0v) is 16.3. The molecule has 6 heteroatoms. The molecule has 1 N–H and O–H groups in total. The van der Waals surface area contributed by atoms with Gasteiger partial charge in [-0.05, 0) is 55.8 Å². The predicted octanol–water partition coefficient (Wildman–Crippen LogP) is 4.79. The minimum Gasteiger partial charge on any atom is -0.493 e. The molecule has 0 bridgehead atoms. The fraction of sp³-hybridized carbons (Fsp3) is 0.200. The minimum atomic E-state index is -0.480. The second-order valence-electron chi connectivity index (χ2n) is 5.71. The van der Waals surface area contributed by atoms with E-state index >= 15 is 0 Å². The maximum absolute atomic E-state index is 12.4. The van der Waals surface area contributed by atoms with Crippen molar-refractivity contribution in [3.8, 4) is 17.6 Å². The monoisotopic (exact) mass is 414 g/mol. The quantitative estimate of drug-likeness (QED) is 0.544. The van der Waals surface area contributed by atoms with Crippen molar-refractivity contribution in [3.63, 3.8) is 0 Å². The Kier molecular flexibility index (Phi) is 6.81. The van der Waals surface area contributed by atoms with E-state index in [9.17, 15) is 10.1 Å². The third-order valence-corrected chi connectivity index (χ3v) is 3.80.